The van der Waals surface area contributed by atoms with Gasteiger partial charge in [0.2, 0.25) is 0 Å². The zero-order valence-electron chi connectivity index (χ0n) is 10.6. The van der Waals surface area contributed by atoms with Gasteiger partial charge in [-0.3, -0.25) is 0 Å². The van der Waals surface area contributed by atoms with Crippen LogP contribution in [0, 0.1) is 5.92 Å². The molecule has 0 aliphatic heterocycles. The lowest BCUT2D eigenvalue weighted by Crippen LogP contribution is -2.29. The molecule has 1 unspecified atom stereocenters. The van der Waals surface area contributed by atoms with E-state index < -0.39 is 6.10 Å². The summed E-state index contributed by atoms with van der Waals surface area (Å²) < 4.78 is 0. The SMILES string of the molecule is CC(O)c1cccc(NC(=O)NCCC2CC2)c1. The number of amides is 2. The maximum Gasteiger partial charge on any atom is 0.319 e. The second kappa shape index (κ2) is 5.87. The van der Waals surface area contributed by atoms with Gasteiger partial charge in [-0.05, 0) is 37.0 Å². The van der Waals surface area contributed by atoms with E-state index in [1.807, 2.05) is 18.2 Å². The van der Waals surface area contributed by atoms with Crippen molar-refractivity contribution in [3.05, 3.63) is 29.8 Å². The van der Waals surface area contributed by atoms with E-state index >= 15 is 0 Å². The first-order valence-electron chi connectivity index (χ1n) is 6.48. The van der Waals surface area contributed by atoms with Crippen molar-refractivity contribution in [2.24, 2.45) is 5.92 Å². The van der Waals surface area contributed by atoms with Crippen LogP contribution in [0.15, 0.2) is 24.3 Å². The molecule has 0 spiro atoms. The summed E-state index contributed by atoms with van der Waals surface area (Å²) in [6.07, 6.45) is 3.16. The van der Waals surface area contributed by atoms with Gasteiger partial charge >= 0.3 is 6.03 Å². The smallest absolute Gasteiger partial charge is 0.319 e. The minimum absolute atomic E-state index is 0.182. The van der Waals surface area contributed by atoms with Gasteiger partial charge in [0.1, 0.15) is 0 Å². The zero-order valence-corrected chi connectivity index (χ0v) is 10.6. The van der Waals surface area contributed by atoms with Crippen LogP contribution in [0.3, 0.4) is 0 Å². The van der Waals surface area contributed by atoms with E-state index in [1.165, 1.54) is 12.8 Å². The Morgan fingerprint density at radius 1 is 1.50 bits per heavy atom. The molecule has 0 radical (unpaired) electrons. The van der Waals surface area contributed by atoms with Crippen molar-refractivity contribution < 1.29 is 9.90 Å². The van der Waals surface area contributed by atoms with Crippen molar-refractivity contribution in [3.8, 4) is 0 Å². The van der Waals surface area contributed by atoms with Crippen LogP contribution in [0.1, 0.15) is 37.9 Å². The van der Waals surface area contributed by atoms with Crippen LogP contribution >= 0.6 is 0 Å². The Labute approximate surface area is 107 Å². The van der Waals surface area contributed by atoms with Crippen molar-refractivity contribution in [1.29, 1.82) is 0 Å². The summed E-state index contributed by atoms with van der Waals surface area (Å²) in [4.78, 5) is 11.6. The number of anilines is 1. The Balaban J connectivity index is 1.79. The van der Waals surface area contributed by atoms with Gasteiger partial charge in [-0.15, -0.1) is 0 Å². The molecule has 1 atom stereocenters. The minimum Gasteiger partial charge on any atom is -0.389 e. The van der Waals surface area contributed by atoms with E-state index in [2.05, 4.69) is 10.6 Å². The Morgan fingerprint density at radius 2 is 2.28 bits per heavy atom. The Morgan fingerprint density at radius 3 is 2.94 bits per heavy atom. The zero-order chi connectivity index (χ0) is 13.0. The number of hydrogen-bond acceptors (Lipinski definition) is 2. The number of benzene rings is 1. The fourth-order valence-corrected chi connectivity index (χ4v) is 1.85. The monoisotopic (exact) mass is 248 g/mol. The lowest BCUT2D eigenvalue weighted by molar-refractivity contribution is 0.199. The minimum atomic E-state index is -0.523. The van der Waals surface area contributed by atoms with Gasteiger partial charge < -0.3 is 15.7 Å². The van der Waals surface area contributed by atoms with E-state index in [4.69, 9.17) is 0 Å². The predicted octanol–water partition coefficient (Wildman–Crippen LogP) is 2.66. The molecule has 1 aromatic carbocycles. The van der Waals surface area contributed by atoms with Gasteiger partial charge in [0, 0.05) is 12.2 Å². The largest absolute Gasteiger partial charge is 0.389 e. The van der Waals surface area contributed by atoms with Crippen molar-refractivity contribution in [1.82, 2.24) is 5.32 Å². The summed E-state index contributed by atoms with van der Waals surface area (Å²) in [5.41, 5.74) is 1.50. The standard InChI is InChI=1S/C14H20N2O2/c1-10(17)12-3-2-4-13(9-12)16-14(18)15-8-7-11-5-6-11/h2-4,9-11,17H,5-8H2,1H3,(H2,15,16,18). The lowest BCUT2D eigenvalue weighted by atomic mass is 10.1. The highest BCUT2D eigenvalue weighted by atomic mass is 16.3. The second-order valence-electron chi connectivity index (χ2n) is 4.91. The molecule has 4 nitrogen and oxygen atoms in total. The molecule has 2 amide bonds. The number of carbonyl (C=O) groups is 1. The fourth-order valence-electron chi connectivity index (χ4n) is 1.85. The third kappa shape index (κ3) is 4.04. The molecule has 0 saturated heterocycles. The normalized spacial score (nSPS) is 16.1. The summed E-state index contributed by atoms with van der Waals surface area (Å²) in [7, 11) is 0. The maximum absolute atomic E-state index is 11.6. The third-order valence-corrected chi connectivity index (χ3v) is 3.16. The van der Waals surface area contributed by atoms with Crippen LogP contribution < -0.4 is 10.6 Å². The van der Waals surface area contributed by atoms with E-state index in [9.17, 15) is 9.90 Å². The quantitative estimate of drug-likeness (QED) is 0.750. The van der Waals surface area contributed by atoms with Crippen molar-refractivity contribution in [3.63, 3.8) is 0 Å². The van der Waals surface area contributed by atoms with E-state index in [-0.39, 0.29) is 6.03 Å². The molecule has 98 valence electrons. The van der Waals surface area contributed by atoms with Crippen molar-refractivity contribution in [2.45, 2.75) is 32.3 Å². The Kier molecular flexibility index (Phi) is 4.20. The summed E-state index contributed by atoms with van der Waals surface area (Å²) >= 11 is 0. The van der Waals surface area contributed by atoms with Gasteiger partial charge in [-0.2, -0.15) is 0 Å². The first-order chi connectivity index (χ1) is 8.65. The third-order valence-electron chi connectivity index (χ3n) is 3.16. The van der Waals surface area contributed by atoms with Gasteiger partial charge in [0.15, 0.2) is 0 Å². The first kappa shape index (κ1) is 12.9. The number of aliphatic hydroxyl groups is 1. The van der Waals surface area contributed by atoms with Crippen molar-refractivity contribution in [2.75, 3.05) is 11.9 Å². The van der Waals surface area contributed by atoms with Crippen LogP contribution in [0.25, 0.3) is 0 Å². The molecule has 1 saturated carbocycles. The molecular weight excluding hydrogens is 228 g/mol. The van der Waals surface area contributed by atoms with Gasteiger partial charge in [-0.1, -0.05) is 25.0 Å². The molecule has 0 aromatic heterocycles. The highest BCUT2D eigenvalue weighted by molar-refractivity contribution is 5.89. The molecule has 1 aromatic rings. The van der Waals surface area contributed by atoms with Crippen LogP contribution in [-0.4, -0.2) is 17.7 Å². The van der Waals surface area contributed by atoms with Crippen LogP contribution in [0.2, 0.25) is 0 Å². The molecule has 4 heteroatoms. The second-order valence-corrected chi connectivity index (χ2v) is 4.91. The summed E-state index contributed by atoms with van der Waals surface area (Å²) in [6, 6.07) is 7.07. The molecule has 1 aliphatic rings. The average Bonchev–Trinajstić information content (AvgIpc) is 3.13. The van der Waals surface area contributed by atoms with Crippen molar-refractivity contribution >= 4 is 11.7 Å². The Bertz CT molecular complexity index is 414. The van der Waals surface area contributed by atoms with Gasteiger partial charge in [-0.25, -0.2) is 4.79 Å². The summed E-state index contributed by atoms with van der Waals surface area (Å²) in [6.45, 7) is 2.43. The molecule has 1 fully saturated rings. The van der Waals surface area contributed by atoms with E-state index in [0.717, 1.165) is 24.4 Å². The highest BCUT2D eigenvalue weighted by Crippen LogP contribution is 2.31. The van der Waals surface area contributed by atoms with Crippen LogP contribution in [0.5, 0.6) is 0 Å². The number of hydrogen-bond donors (Lipinski definition) is 3. The summed E-state index contributed by atoms with van der Waals surface area (Å²) in [5.74, 6) is 0.823. The van der Waals surface area contributed by atoms with Crippen LogP contribution in [-0.2, 0) is 0 Å². The first-order valence-corrected chi connectivity index (χ1v) is 6.48. The molecule has 18 heavy (non-hydrogen) atoms. The van der Waals surface area contributed by atoms with Gasteiger partial charge in [0.25, 0.3) is 0 Å². The van der Waals surface area contributed by atoms with E-state index in [1.54, 1.807) is 13.0 Å². The Hall–Kier alpha value is -1.55. The fraction of sp³-hybridized carbons (Fsp3) is 0.500. The number of rotatable bonds is 5. The summed E-state index contributed by atoms with van der Waals surface area (Å²) in [5, 5.41) is 15.1. The molecule has 0 heterocycles. The van der Waals surface area contributed by atoms with Gasteiger partial charge in [0.05, 0.1) is 6.10 Å². The molecule has 2 rings (SSSR count). The number of aliphatic hydroxyl groups excluding tert-OH is 1. The lowest BCUT2D eigenvalue weighted by Gasteiger charge is -2.10. The number of nitrogens with one attached hydrogen (secondary N) is 2. The highest BCUT2D eigenvalue weighted by Gasteiger charge is 2.20. The molecule has 3 N–H and O–H groups in total. The average molecular weight is 248 g/mol. The molecule has 0 bridgehead atoms. The molecular formula is C14H20N2O2. The maximum atomic E-state index is 11.6. The molecule has 1 aliphatic carbocycles. The topological polar surface area (TPSA) is 61.4 Å². The van der Waals surface area contributed by atoms with E-state index in [0.29, 0.717) is 5.69 Å². The van der Waals surface area contributed by atoms with Crippen LogP contribution in [0.4, 0.5) is 10.5 Å². The predicted molar refractivity (Wildman–Crippen MR) is 71.4 cm³/mol. The number of carbonyl (C=O) groups excluding carboxylic acids is 1. The number of urea groups is 1.